The van der Waals surface area contributed by atoms with Crippen molar-refractivity contribution in [3.05, 3.63) is 18.0 Å². The van der Waals surface area contributed by atoms with Gasteiger partial charge in [-0.2, -0.15) is 16.9 Å². The third-order valence-corrected chi connectivity index (χ3v) is 3.78. The molecule has 0 aliphatic rings. The predicted molar refractivity (Wildman–Crippen MR) is 81.6 cm³/mol. The van der Waals surface area contributed by atoms with Crippen LogP contribution in [0.5, 0.6) is 0 Å². The van der Waals surface area contributed by atoms with Crippen LogP contribution in [-0.4, -0.2) is 43.9 Å². The van der Waals surface area contributed by atoms with Gasteiger partial charge in [0.15, 0.2) is 5.65 Å². The number of nitrogens with one attached hydrogen (secondary N) is 1. The van der Waals surface area contributed by atoms with Crippen LogP contribution in [-0.2, 0) is 7.05 Å². The summed E-state index contributed by atoms with van der Waals surface area (Å²) in [6.45, 7) is 2.05. The largest absolute Gasteiger partial charge is 0.478 e. The molecule has 0 saturated carbocycles. The number of fused-ring (bicyclic) bond motifs is 1. The number of rotatable bonds is 6. The number of thioether (sulfide) groups is 1. The van der Waals surface area contributed by atoms with E-state index in [0.29, 0.717) is 11.3 Å². The molecule has 0 saturated heterocycles. The minimum Gasteiger partial charge on any atom is -0.478 e. The maximum Gasteiger partial charge on any atom is 0.339 e. The number of anilines is 1. The van der Waals surface area contributed by atoms with Crippen LogP contribution in [0.4, 0.5) is 5.69 Å². The lowest BCUT2D eigenvalue weighted by Gasteiger charge is -2.17. The molecule has 0 radical (unpaired) electrons. The number of carboxylic acids is 1. The van der Waals surface area contributed by atoms with E-state index in [1.54, 1.807) is 29.7 Å². The SMILES string of the molecule is CSCCC(C)Nc1c(C(=O)O)cnc2c1cnn2C. The van der Waals surface area contributed by atoms with Crippen molar-refractivity contribution >= 4 is 34.5 Å². The molecule has 1 unspecified atom stereocenters. The van der Waals surface area contributed by atoms with Crippen LogP contribution in [0.15, 0.2) is 12.4 Å². The Hall–Kier alpha value is -1.76. The second kappa shape index (κ2) is 6.13. The van der Waals surface area contributed by atoms with Crippen molar-refractivity contribution in [1.82, 2.24) is 14.8 Å². The molecule has 0 fully saturated rings. The average molecular weight is 294 g/mol. The van der Waals surface area contributed by atoms with Gasteiger partial charge in [0.2, 0.25) is 0 Å². The van der Waals surface area contributed by atoms with Gasteiger partial charge < -0.3 is 10.4 Å². The van der Waals surface area contributed by atoms with Crippen LogP contribution < -0.4 is 5.32 Å². The van der Waals surface area contributed by atoms with Gasteiger partial charge in [0, 0.05) is 19.3 Å². The highest BCUT2D eigenvalue weighted by molar-refractivity contribution is 7.98. The lowest BCUT2D eigenvalue weighted by atomic mass is 10.1. The number of hydrogen-bond donors (Lipinski definition) is 2. The zero-order chi connectivity index (χ0) is 14.7. The number of aryl methyl sites for hydroxylation is 1. The molecule has 7 heteroatoms. The van der Waals surface area contributed by atoms with Gasteiger partial charge in [0.1, 0.15) is 5.56 Å². The Labute approximate surface area is 121 Å². The Morgan fingerprint density at radius 2 is 2.30 bits per heavy atom. The van der Waals surface area contributed by atoms with E-state index >= 15 is 0 Å². The smallest absolute Gasteiger partial charge is 0.339 e. The topological polar surface area (TPSA) is 80.0 Å². The zero-order valence-electron chi connectivity index (χ0n) is 11.8. The molecule has 2 N–H and O–H groups in total. The first kappa shape index (κ1) is 14.6. The number of pyridine rings is 1. The number of carbonyl (C=O) groups is 1. The third kappa shape index (κ3) is 2.87. The van der Waals surface area contributed by atoms with Crippen molar-refractivity contribution in [3.8, 4) is 0 Å². The van der Waals surface area contributed by atoms with E-state index in [0.717, 1.165) is 17.6 Å². The van der Waals surface area contributed by atoms with Crippen LogP contribution in [0.3, 0.4) is 0 Å². The Morgan fingerprint density at radius 1 is 1.55 bits per heavy atom. The summed E-state index contributed by atoms with van der Waals surface area (Å²) in [5, 5.41) is 17.5. The standard InChI is InChI=1S/C13H18N4O2S/c1-8(4-5-20-3)16-11-9-7-15-17(2)12(9)14-6-10(11)13(18)19/h6-8H,4-5H2,1-3H3,(H,14,16)(H,18,19). The molecule has 2 heterocycles. The van der Waals surface area contributed by atoms with Gasteiger partial charge in [-0.1, -0.05) is 0 Å². The van der Waals surface area contributed by atoms with Gasteiger partial charge in [-0.25, -0.2) is 9.78 Å². The number of aromatic carboxylic acids is 1. The summed E-state index contributed by atoms with van der Waals surface area (Å²) in [7, 11) is 1.79. The van der Waals surface area contributed by atoms with E-state index in [2.05, 4.69) is 21.7 Å². The Bertz CT molecular complexity index is 626. The minimum atomic E-state index is -0.984. The number of hydrogen-bond acceptors (Lipinski definition) is 5. The number of carboxylic acid groups (broad SMARTS) is 1. The second-order valence-electron chi connectivity index (χ2n) is 4.68. The van der Waals surface area contributed by atoms with Crippen molar-refractivity contribution in [2.45, 2.75) is 19.4 Å². The maximum atomic E-state index is 11.4. The predicted octanol–water partition coefficient (Wildman–Crippen LogP) is 2.22. The summed E-state index contributed by atoms with van der Waals surface area (Å²) >= 11 is 1.77. The molecule has 0 aliphatic carbocycles. The summed E-state index contributed by atoms with van der Waals surface area (Å²) in [4.78, 5) is 15.5. The molecule has 2 aromatic rings. The van der Waals surface area contributed by atoms with E-state index in [-0.39, 0.29) is 11.6 Å². The van der Waals surface area contributed by atoms with Gasteiger partial charge >= 0.3 is 5.97 Å². The molecule has 2 rings (SSSR count). The summed E-state index contributed by atoms with van der Waals surface area (Å²) < 4.78 is 1.64. The van der Waals surface area contributed by atoms with Gasteiger partial charge in [-0.05, 0) is 25.4 Å². The fourth-order valence-electron chi connectivity index (χ4n) is 2.03. The molecule has 2 aromatic heterocycles. The lowest BCUT2D eigenvalue weighted by Crippen LogP contribution is -2.18. The molecule has 0 amide bonds. The van der Waals surface area contributed by atoms with E-state index in [4.69, 9.17) is 0 Å². The zero-order valence-corrected chi connectivity index (χ0v) is 12.6. The van der Waals surface area contributed by atoms with Gasteiger partial charge in [0.25, 0.3) is 0 Å². The monoisotopic (exact) mass is 294 g/mol. The van der Waals surface area contributed by atoms with E-state index in [1.165, 1.54) is 6.20 Å². The Kier molecular flexibility index (Phi) is 4.49. The summed E-state index contributed by atoms with van der Waals surface area (Å²) in [5.41, 5.74) is 1.46. The molecule has 0 aromatic carbocycles. The van der Waals surface area contributed by atoms with Crippen molar-refractivity contribution in [3.63, 3.8) is 0 Å². The molecule has 108 valence electrons. The van der Waals surface area contributed by atoms with Crippen LogP contribution in [0.1, 0.15) is 23.7 Å². The van der Waals surface area contributed by atoms with Crippen molar-refractivity contribution in [2.75, 3.05) is 17.3 Å². The molecule has 6 nitrogen and oxygen atoms in total. The fourth-order valence-corrected chi connectivity index (χ4v) is 2.62. The number of nitrogens with zero attached hydrogens (tertiary/aromatic N) is 3. The fraction of sp³-hybridized carbons (Fsp3) is 0.462. The van der Waals surface area contributed by atoms with Crippen LogP contribution in [0.2, 0.25) is 0 Å². The first-order valence-electron chi connectivity index (χ1n) is 6.34. The highest BCUT2D eigenvalue weighted by atomic mass is 32.2. The molecule has 1 atom stereocenters. The van der Waals surface area contributed by atoms with Crippen molar-refractivity contribution < 1.29 is 9.90 Å². The molecular weight excluding hydrogens is 276 g/mol. The van der Waals surface area contributed by atoms with Gasteiger partial charge in [-0.15, -0.1) is 0 Å². The number of aromatic nitrogens is 3. The highest BCUT2D eigenvalue weighted by Crippen LogP contribution is 2.26. The molecule has 0 bridgehead atoms. The first-order chi connectivity index (χ1) is 9.54. The molecular formula is C13H18N4O2S. The average Bonchev–Trinajstić information content (AvgIpc) is 2.78. The highest BCUT2D eigenvalue weighted by Gasteiger charge is 2.18. The van der Waals surface area contributed by atoms with E-state index in [1.807, 2.05) is 6.92 Å². The summed E-state index contributed by atoms with van der Waals surface area (Å²) in [6, 6.07) is 0.186. The quantitative estimate of drug-likeness (QED) is 0.850. The maximum absolute atomic E-state index is 11.4. The van der Waals surface area contributed by atoms with Crippen molar-refractivity contribution in [1.29, 1.82) is 0 Å². The second-order valence-corrected chi connectivity index (χ2v) is 5.67. The normalized spacial score (nSPS) is 12.6. The Morgan fingerprint density at radius 3 is 2.95 bits per heavy atom. The summed E-state index contributed by atoms with van der Waals surface area (Å²) in [6.07, 6.45) is 6.06. The van der Waals surface area contributed by atoms with E-state index < -0.39 is 5.97 Å². The van der Waals surface area contributed by atoms with E-state index in [9.17, 15) is 9.90 Å². The third-order valence-electron chi connectivity index (χ3n) is 3.14. The van der Waals surface area contributed by atoms with Gasteiger partial charge in [0.05, 0.1) is 17.3 Å². The van der Waals surface area contributed by atoms with Crippen LogP contribution in [0, 0.1) is 0 Å². The first-order valence-corrected chi connectivity index (χ1v) is 7.73. The minimum absolute atomic E-state index is 0.182. The lowest BCUT2D eigenvalue weighted by molar-refractivity contribution is 0.0697. The van der Waals surface area contributed by atoms with Gasteiger partial charge in [-0.3, -0.25) is 4.68 Å². The van der Waals surface area contributed by atoms with Crippen LogP contribution >= 0.6 is 11.8 Å². The summed E-state index contributed by atoms with van der Waals surface area (Å²) in [5.74, 6) is 0.0421. The molecule has 0 aliphatic heterocycles. The van der Waals surface area contributed by atoms with Crippen LogP contribution in [0.25, 0.3) is 11.0 Å². The Balaban J connectivity index is 2.41. The molecule has 20 heavy (non-hydrogen) atoms. The van der Waals surface area contributed by atoms with Crippen molar-refractivity contribution in [2.24, 2.45) is 7.05 Å². The molecule has 0 spiro atoms.